The molecule has 0 fully saturated rings. The molecule has 6 nitrogen and oxygen atoms in total. The number of carbonyl (C=O) groups excluding carboxylic acids is 1. The lowest BCUT2D eigenvalue weighted by Gasteiger charge is -2.21. The van der Waals surface area contributed by atoms with Crippen molar-refractivity contribution in [2.75, 3.05) is 0 Å². The monoisotopic (exact) mass is 286 g/mol. The van der Waals surface area contributed by atoms with Gasteiger partial charge in [-0.1, -0.05) is 29.4 Å². The smallest absolute Gasteiger partial charge is 0.233 e. The molecule has 0 radical (unpaired) electrons. The summed E-state index contributed by atoms with van der Waals surface area (Å²) in [4.78, 5) is 16.5. The number of fused-ring (bicyclic) bond motifs is 1. The van der Waals surface area contributed by atoms with E-state index in [9.17, 15) is 4.79 Å². The number of aromatic nitrogens is 1. The lowest BCUT2D eigenvalue weighted by Crippen LogP contribution is -2.45. The van der Waals surface area contributed by atoms with Gasteiger partial charge in [-0.2, -0.15) is 0 Å². The Kier molecular flexibility index (Phi) is 4.07. The zero-order valence-electron chi connectivity index (χ0n) is 12.0. The highest BCUT2D eigenvalue weighted by Crippen LogP contribution is 2.18. The number of nitrogens with one attached hydrogen (secondary N) is 1. The maximum absolute atomic E-state index is 12.2. The van der Waals surface area contributed by atoms with Crippen LogP contribution < -0.4 is 11.1 Å². The average Bonchev–Trinajstić information content (AvgIpc) is 2.51. The third-order valence-electron chi connectivity index (χ3n) is 3.47. The van der Waals surface area contributed by atoms with Gasteiger partial charge in [0.1, 0.15) is 5.41 Å². The topological polar surface area (TPSA) is 101 Å². The van der Waals surface area contributed by atoms with Crippen molar-refractivity contribution in [3.05, 3.63) is 42.1 Å². The van der Waals surface area contributed by atoms with Crippen LogP contribution in [0.3, 0.4) is 0 Å². The van der Waals surface area contributed by atoms with Crippen LogP contribution in [-0.2, 0) is 11.3 Å². The number of hydrogen-bond donors (Lipinski definition) is 3. The van der Waals surface area contributed by atoms with Crippen molar-refractivity contribution in [3.8, 4) is 0 Å². The number of amides is 1. The van der Waals surface area contributed by atoms with Gasteiger partial charge in [0.2, 0.25) is 5.91 Å². The minimum Gasteiger partial charge on any atom is -0.409 e. The van der Waals surface area contributed by atoms with Gasteiger partial charge in [0.05, 0.1) is 5.52 Å². The number of nitrogens with two attached hydrogens (primary N) is 1. The van der Waals surface area contributed by atoms with Gasteiger partial charge in [-0.3, -0.25) is 9.78 Å². The second-order valence-electron chi connectivity index (χ2n) is 5.29. The average molecular weight is 286 g/mol. The summed E-state index contributed by atoms with van der Waals surface area (Å²) in [5, 5.41) is 15.4. The molecule has 2 aromatic rings. The first kappa shape index (κ1) is 14.8. The van der Waals surface area contributed by atoms with E-state index in [0.717, 1.165) is 16.5 Å². The summed E-state index contributed by atoms with van der Waals surface area (Å²) in [6.07, 6.45) is 1.72. The second-order valence-corrected chi connectivity index (χ2v) is 5.29. The Morgan fingerprint density at radius 2 is 2.10 bits per heavy atom. The normalized spacial score (nSPS) is 12.4. The van der Waals surface area contributed by atoms with Gasteiger partial charge >= 0.3 is 0 Å². The molecule has 1 aromatic heterocycles. The highest BCUT2D eigenvalue weighted by molar-refractivity contribution is 6.05. The summed E-state index contributed by atoms with van der Waals surface area (Å²) >= 11 is 0. The van der Waals surface area contributed by atoms with E-state index < -0.39 is 5.41 Å². The fourth-order valence-electron chi connectivity index (χ4n) is 1.95. The first-order valence-corrected chi connectivity index (χ1v) is 6.55. The van der Waals surface area contributed by atoms with Crippen molar-refractivity contribution in [1.29, 1.82) is 0 Å². The summed E-state index contributed by atoms with van der Waals surface area (Å²) in [6, 6.07) is 9.63. The molecule has 1 amide bonds. The molecule has 0 saturated carbocycles. The molecule has 0 unspecified atom stereocenters. The number of benzene rings is 1. The highest BCUT2D eigenvalue weighted by atomic mass is 16.4. The molecule has 1 heterocycles. The molecule has 0 saturated heterocycles. The molecule has 0 spiro atoms. The molecule has 0 aliphatic carbocycles. The second kappa shape index (κ2) is 5.78. The lowest BCUT2D eigenvalue weighted by molar-refractivity contribution is -0.126. The van der Waals surface area contributed by atoms with Crippen molar-refractivity contribution < 1.29 is 10.0 Å². The molecule has 1 aromatic carbocycles. The van der Waals surface area contributed by atoms with Gasteiger partial charge in [0.25, 0.3) is 0 Å². The summed E-state index contributed by atoms with van der Waals surface area (Å²) in [7, 11) is 0. The molecule has 110 valence electrons. The van der Waals surface area contributed by atoms with Crippen molar-refractivity contribution in [1.82, 2.24) is 10.3 Å². The largest absolute Gasteiger partial charge is 0.409 e. The van der Waals surface area contributed by atoms with Crippen LogP contribution in [0.2, 0.25) is 0 Å². The number of para-hydroxylation sites is 1. The molecule has 0 aliphatic rings. The predicted octanol–water partition coefficient (Wildman–Crippen LogP) is 1.62. The minimum atomic E-state index is -1.08. The Balaban J connectivity index is 2.17. The van der Waals surface area contributed by atoms with E-state index in [4.69, 9.17) is 10.9 Å². The van der Waals surface area contributed by atoms with Crippen LogP contribution in [0.15, 0.2) is 41.7 Å². The van der Waals surface area contributed by atoms with Crippen molar-refractivity contribution >= 4 is 22.6 Å². The first-order valence-electron chi connectivity index (χ1n) is 6.55. The SMILES string of the molecule is CC(C)(C(=O)NCc1cccc2cccnc12)/C(N)=N/O. The van der Waals surface area contributed by atoms with E-state index in [1.807, 2.05) is 30.3 Å². The van der Waals surface area contributed by atoms with Crippen LogP contribution in [0, 0.1) is 5.41 Å². The number of pyridine rings is 1. The molecule has 0 bridgehead atoms. The third-order valence-corrected chi connectivity index (χ3v) is 3.47. The van der Waals surface area contributed by atoms with Gasteiger partial charge in [-0.05, 0) is 25.5 Å². The van der Waals surface area contributed by atoms with E-state index in [-0.39, 0.29) is 11.7 Å². The molecule has 21 heavy (non-hydrogen) atoms. The number of oxime groups is 1. The lowest BCUT2D eigenvalue weighted by atomic mass is 9.91. The minimum absolute atomic E-state index is 0.129. The highest BCUT2D eigenvalue weighted by Gasteiger charge is 2.32. The molecule has 4 N–H and O–H groups in total. The van der Waals surface area contributed by atoms with Crippen molar-refractivity contribution in [2.24, 2.45) is 16.3 Å². The number of hydrogen-bond acceptors (Lipinski definition) is 4. The predicted molar refractivity (Wildman–Crippen MR) is 80.8 cm³/mol. The van der Waals surface area contributed by atoms with Crippen molar-refractivity contribution in [2.45, 2.75) is 20.4 Å². The van der Waals surface area contributed by atoms with Gasteiger partial charge in [0, 0.05) is 18.1 Å². The zero-order valence-corrected chi connectivity index (χ0v) is 12.0. The Bertz CT molecular complexity index is 690. The van der Waals surface area contributed by atoms with E-state index in [0.29, 0.717) is 6.54 Å². The van der Waals surface area contributed by atoms with Gasteiger partial charge in [0.15, 0.2) is 5.84 Å². The first-order chi connectivity index (χ1) is 9.96. The fraction of sp³-hybridized carbons (Fsp3) is 0.267. The summed E-state index contributed by atoms with van der Waals surface area (Å²) in [5.74, 6) is -0.443. The van der Waals surface area contributed by atoms with Crippen LogP contribution in [0.5, 0.6) is 0 Å². The summed E-state index contributed by atoms with van der Waals surface area (Å²) in [6.45, 7) is 3.52. The quantitative estimate of drug-likeness (QED) is 0.344. The van der Waals surface area contributed by atoms with E-state index >= 15 is 0 Å². The third kappa shape index (κ3) is 2.94. The van der Waals surface area contributed by atoms with Gasteiger partial charge in [-0.25, -0.2) is 0 Å². The Labute approximate surface area is 122 Å². The number of carbonyl (C=O) groups is 1. The van der Waals surface area contributed by atoms with Gasteiger partial charge < -0.3 is 16.3 Å². The van der Waals surface area contributed by atoms with Gasteiger partial charge in [-0.15, -0.1) is 0 Å². The Hall–Kier alpha value is -2.63. The standard InChI is InChI=1S/C15H18N4O2/c1-15(2,13(16)19-21)14(20)18-9-11-6-3-5-10-7-4-8-17-12(10)11/h3-8,21H,9H2,1-2H3,(H2,16,19)(H,18,20). The molecular formula is C15H18N4O2. The van der Waals surface area contributed by atoms with Crippen LogP contribution in [-0.4, -0.2) is 21.9 Å². The Morgan fingerprint density at radius 3 is 2.81 bits per heavy atom. The van der Waals surface area contributed by atoms with Crippen LogP contribution >= 0.6 is 0 Å². The summed E-state index contributed by atoms with van der Waals surface area (Å²) in [5.41, 5.74) is 6.22. The van der Waals surface area contributed by atoms with E-state index in [1.165, 1.54) is 0 Å². The summed E-state index contributed by atoms with van der Waals surface area (Å²) < 4.78 is 0. The van der Waals surface area contributed by atoms with Crippen LogP contribution in [0.1, 0.15) is 19.4 Å². The van der Waals surface area contributed by atoms with E-state index in [1.54, 1.807) is 20.0 Å². The number of nitrogens with zero attached hydrogens (tertiary/aromatic N) is 2. The maximum Gasteiger partial charge on any atom is 0.233 e. The fourth-order valence-corrected chi connectivity index (χ4v) is 1.95. The van der Waals surface area contributed by atoms with Crippen molar-refractivity contribution in [3.63, 3.8) is 0 Å². The molecule has 6 heteroatoms. The molecular weight excluding hydrogens is 268 g/mol. The maximum atomic E-state index is 12.2. The molecule has 2 rings (SSSR count). The van der Waals surface area contributed by atoms with Crippen LogP contribution in [0.4, 0.5) is 0 Å². The molecule has 0 atom stereocenters. The van der Waals surface area contributed by atoms with E-state index in [2.05, 4.69) is 15.5 Å². The Morgan fingerprint density at radius 1 is 1.38 bits per heavy atom. The zero-order chi connectivity index (χ0) is 15.5. The van der Waals surface area contributed by atoms with Crippen LogP contribution in [0.25, 0.3) is 10.9 Å². The number of rotatable bonds is 4. The number of amidine groups is 1. The molecule has 0 aliphatic heterocycles.